The summed E-state index contributed by atoms with van der Waals surface area (Å²) in [4.78, 5) is 23.9. The van der Waals surface area contributed by atoms with E-state index in [-0.39, 0.29) is 11.7 Å². The molecule has 1 unspecified atom stereocenters. The van der Waals surface area contributed by atoms with E-state index in [1.807, 2.05) is 13.0 Å². The first kappa shape index (κ1) is 18.8. The van der Waals surface area contributed by atoms with E-state index >= 15 is 0 Å². The summed E-state index contributed by atoms with van der Waals surface area (Å²) < 4.78 is 5.27. The SMILES string of the molecule is COc1cc(Cl)c(C)cc1NC(=O)C(C)Nc1cccc(C(C)=O)c1. The Hall–Kier alpha value is -2.53. The van der Waals surface area contributed by atoms with Crippen LogP contribution in [-0.4, -0.2) is 24.8 Å². The number of amides is 1. The lowest BCUT2D eigenvalue weighted by Crippen LogP contribution is -2.32. The summed E-state index contributed by atoms with van der Waals surface area (Å²) in [5.41, 5.74) is 2.69. The van der Waals surface area contributed by atoms with E-state index in [1.165, 1.54) is 14.0 Å². The smallest absolute Gasteiger partial charge is 0.246 e. The Bertz CT molecular complexity index is 805. The predicted octanol–water partition coefficient (Wildman–Crippen LogP) is 4.30. The first-order valence-corrected chi connectivity index (χ1v) is 8.22. The zero-order chi connectivity index (χ0) is 18.6. The molecule has 0 saturated heterocycles. The average molecular weight is 361 g/mol. The Morgan fingerprint density at radius 2 is 1.92 bits per heavy atom. The highest BCUT2D eigenvalue weighted by Gasteiger charge is 2.16. The van der Waals surface area contributed by atoms with Crippen LogP contribution in [0.1, 0.15) is 29.8 Å². The number of carbonyl (C=O) groups excluding carboxylic acids is 2. The fourth-order valence-electron chi connectivity index (χ4n) is 2.31. The molecule has 0 aliphatic carbocycles. The second-order valence-electron chi connectivity index (χ2n) is 5.79. The van der Waals surface area contributed by atoms with Crippen LogP contribution in [0.2, 0.25) is 5.02 Å². The molecule has 6 heteroatoms. The summed E-state index contributed by atoms with van der Waals surface area (Å²) in [5, 5.41) is 6.50. The molecule has 0 bridgehead atoms. The van der Waals surface area contributed by atoms with E-state index in [4.69, 9.17) is 16.3 Å². The molecule has 2 aromatic carbocycles. The molecular weight excluding hydrogens is 340 g/mol. The van der Waals surface area contributed by atoms with E-state index in [0.717, 1.165) is 5.56 Å². The van der Waals surface area contributed by atoms with Crippen LogP contribution in [0.3, 0.4) is 0 Å². The van der Waals surface area contributed by atoms with Gasteiger partial charge in [0, 0.05) is 22.3 Å². The van der Waals surface area contributed by atoms with Gasteiger partial charge in [0.05, 0.1) is 12.8 Å². The maximum atomic E-state index is 12.5. The average Bonchev–Trinajstić information content (AvgIpc) is 2.58. The number of anilines is 2. The molecule has 25 heavy (non-hydrogen) atoms. The van der Waals surface area contributed by atoms with Gasteiger partial charge in [-0.3, -0.25) is 9.59 Å². The molecule has 0 fully saturated rings. The molecule has 0 radical (unpaired) electrons. The van der Waals surface area contributed by atoms with Crippen molar-refractivity contribution in [3.63, 3.8) is 0 Å². The number of methoxy groups -OCH3 is 1. The molecule has 0 aromatic heterocycles. The maximum absolute atomic E-state index is 12.5. The number of Topliss-reactive ketones (excluding diaryl/α,β-unsaturated/α-hetero) is 1. The highest BCUT2D eigenvalue weighted by molar-refractivity contribution is 6.31. The molecular formula is C19H21ClN2O3. The number of carbonyl (C=O) groups is 2. The second-order valence-corrected chi connectivity index (χ2v) is 6.20. The van der Waals surface area contributed by atoms with E-state index in [9.17, 15) is 9.59 Å². The summed E-state index contributed by atoms with van der Waals surface area (Å²) in [7, 11) is 1.52. The van der Waals surface area contributed by atoms with Crippen molar-refractivity contribution in [3.05, 3.63) is 52.5 Å². The molecule has 0 heterocycles. The predicted molar refractivity (Wildman–Crippen MR) is 101 cm³/mol. The number of aryl methyl sites for hydroxylation is 1. The van der Waals surface area contributed by atoms with Gasteiger partial charge in [-0.2, -0.15) is 0 Å². The zero-order valence-electron chi connectivity index (χ0n) is 14.6. The van der Waals surface area contributed by atoms with Gasteiger partial charge < -0.3 is 15.4 Å². The standard InChI is InChI=1S/C19H21ClN2O3/c1-11-8-17(18(25-4)10-16(11)20)22-19(24)12(2)21-15-7-5-6-14(9-15)13(3)23/h5-10,12,21H,1-4H3,(H,22,24). The number of nitrogens with one attached hydrogen (secondary N) is 2. The van der Waals surface area contributed by atoms with Crippen molar-refractivity contribution in [2.75, 3.05) is 17.7 Å². The van der Waals surface area contributed by atoms with Gasteiger partial charge in [-0.05, 0) is 44.5 Å². The van der Waals surface area contributed by atoms with Crippen LogP contribution in [0, 0.1) is 6.92 Å². The van der Waals surface area contributed by atoms with Crippen molar-refractivity contribution in [1.29, 1.82) is 0 Å². The lowest BCUT2D eigenvalue weighted by Gasteiger charge is -2.17. The first-order chi connectivity index (χ1) is 11.8. The summed E-state index contributed by atoms with van der Waals surface area (Å²) in [6.45, 7) is 5.10. The van der Waals surface area contributed by atoms with Crippen LogP contribution in [0.4, 0.5) is 11.4 Å². The number of ether oxygens (including phenoxy) is 1. The summed E-state index contributed by atoms with van der Waals surface area (Å²) >= 11 is 6.08. The van der Waals surface area contributed by atoms with Crippen LogP contribution in [0.15, 0.2) is 36.4 Å². The van der Waals surface area contributed by atoms with Crippen LogP contribution < -0.4 is 15.4 Å². The third-order valence-electron chi connectivity index (χ3n) is 3.78. The van der Waals surface area contributed by atoms with Crippen molar-refractivity contribution in [2.24, 2.45) is 0 Å². The first-order valence-electron chi connectivity index (χ1n) is 7.84. The summed E-state index contributed by atoms with van der Waals surface area (Å²) in [6, 6.07) is 9.96. The molecule has 1 atom stereocenters. The highest BCUT2D eigenvalue weighted by Crippen LogP contribution is 2.31. The number of benzene rings is 2. The Balaban J connectivity index is 2.12. The zero-order valence-corrected chi connectivity index (χ0v) is 15.4. The molecule has 1 amide bonds. The van der Waals surface area contributed by atoms with Crippen molar-refractivity contribution >= 4 is 34.7 Å². The van der Waals surface area contributed by atoms with Crippen LogP contribution in [0.25, 0.3) is 0 Å². The number of halogens is 1. The van der Waals surface area contributed by atoms with Gasteiger partial charge in [0.1, 0.15) is 11.8 Å². The maximum Gasteiger partial charge on any atom is 0.246 e. The number of ketones is 1. The van der Waals surface area contributed by atoms with Gasteiger partial charge >= 0.3 is 0 Å². The minimum atomic E-state index is -0.511. The fourth-order valence-corrected chi connectivity index (χ4v) is 2.47. The van der Waals surface area contributed by atoms with E-state index in [0.29, 0.717) is 27.7 Å². The number of rotatable bonds is 6. The molecule has 2 aromatic rings. The molecule has 2 N–H and O–H groups in total. The minimum absolute atomic E-state index is 0.0258. The Morgan fingerprint density at radius 3 is 2.56 bits per heavy atom. The summed E-state index contributed by atoms with van der Waals surface area (Å²) in [6.07, 6.45) is 0. The third kappa shape index (κ3) is 4.73. The topological polar surface area (TPSA) is 67.4 Å². The lowest BCUT2D eigenvalue weighted by molar-refractivity contribution is -0.116. The Kier molecular flexibility index (Phi) is 6.04. The number of hydrogen-bond acceptors (Lipinski definition) is 4. The van der Waals surface area contributed by atoms with Gasteiger partial charge in [0.15, 0.2) is 5.78 Å². The molecule has 5 nitrogen and oxygen atoms in total. The molecule has 0 aliphatic heterocycles. The second kappa shape index (κ2) is 8.03. The van der Waals surface area contributed by atoms with Crippen LogP contribution in [0.5, 0.6) is 5.75 Å². The highest BCUT2D eigenvalue weighted by atomic mass is 35.5. The van der Waals surface area contributed by atoms with Gasteiger partial charge in [-0.25, -0.2) is 0 Å². The Morgan fingerprint density at radius 1 is 1.20 bits per heavy atom. The fraction of sp³-hybridized carbons (Fsp3) is 0.263. The third-order valence-corrected chi connectivity index (χ3v) is 4.19. The van der Waals surface area contributed by atoms with Gasteiger partial charge in [-0.1, -0.05) is 23.7 Å². The molecule has 0 spiro atoms. The van der Waals surface area contributed by atoms with Gasteiger partial charge in [0.25, 0.3) is 0 Å². The number of hydrogen-bond donors (Lipinski definition) is 2. The van der Waals surface area contributed by atoms with Crippen molar-refractivity contribution in [1.82, 2.24) is 0 Å². The van der Waals surface area contributed by atoms with E-state index < -0.39 is 6.04 Å². The summed E-state index contributed by atoms with van der Waals surface area (Å²) in [5.74, 6) is 0.241. The largest absolute Gasteiger partial charge is 0.495 e. The van der Waals surface area contributed by atoms with Crippen molar-refractivity contribution in [3.8, 4) is 5.75 Å². The van der Waals surface area contributed by atoms with E-state index in [1.54, 1.807) is 37.3 Å². The van der Waals surface area contributed by atoms with E-state index in [2.05, 4.69) is 10.6 Å². The monoisotopic (exact) mass is 360 g/mol. The lowest BCUT2D eigenvalue weighted by atomic mass is 10.1. The van der Waals surface area contributed by atoms with Crippen molar-refractivity contribution < 1.29 is 14.3 Å². The van der Waals surface area contributed by atoms with Gasteiger partial charge in [0.2, 0.25) is 5.91 Å². The molecule has 0 aliphatic rings. The molecule has 0 saturated carbocycles. The van der Waals surface area contributed by atoms with Crippen molar-refractivity contribution in [2.45, 2.75) is 26.8 Å². The molecule has 2 rings (SSSR count). The van der Waals surface area contributed by atoms with Gasteiger partial charge in [-0.15, -0.1) is 0 Å². The Labute approximate surface area is 152 Å². The quantitative estimate of drug-likeness (QED) is 0.754. The van der Waals surface area contributed by atoms with Crippen LogP contribution in [-0.2, 0) is 4.79 Å². The minimum Gasteiger partial charge on any atom is -0.495 e. The normalized spacial score (nSPS) is 11.6. The van der Waals surface area contributed by atoms with Crippen LogP contribution >= 0.6 is 11.6 Å². The molecule has 132 valence electrons.